The molecular weight excluding hydrogens is 961 g/mol. The number of thioether (sulfide) groups is 1. The van der Waals surface area contributed by atoms with E-state index in [-0.39, 0.29) is 43.1 Å². The van der Waals surface area contributed by atoms with Gasteiger partial charge in [0.05, 0.1) is 43.1 Å². The lowest BCUT2D eigenvalue weighted by Crippen LogP contribution is -2.65. The smallest absolute Gasteiger partial charge is 0.338 e. The number of fused-ring (bicyclic) bond motifs is 1. The van der Waals surface area contributed by atoms with Gasteiger partial charge in [0.2, 0.25) is 0 Å². The van der Waals surface area contributed by atoms with Gasteiger partial charge in [-0.15, -0.1) is 0 Å². The normalized spacial score (nSPS) is 25.4. The predicted molar refractivity (Wildman–Crippen MR) is 273 cm³/mol. The van der Waals surface area contributed by atoms with Crippen LogP contribution in [0, 0.1) is 0 Å². The molecule has 7 aromatic rings. The SMILES string of the molecule is O=C(O[C@H]1[C@@H](OC(=O)c2ccccc2)[C@@H](CO[C@H]2O[C@@H]3COC(c4ccccc4)O[C@@H]3[C@H](OCc3ccccc3)[C@H]2OCc2ccccc2)O[C@@H](Sc2ccccc2)[C@@H]1OC(=O)c1ccccc1)c1ccccc1. The van der Waals surface area contributed by atoms with Crippen molar-refractivity contribution < 1.29 is 61.8 Å². The maximum atomic E-state index is 14.3. The van der Waals surface area contributed by atoms with E-state index in [4.69, 9.17) is 47.4 Å². The highest BCUT2D eigenvalue weighted by atomic mass is 32.2. The highest BCUT2D eigenvalue weighted by molar-refractivity contribution is 7.99. The first-order valence-electron chi connectivity index (χ1n) is 24.5. The fraction of sp³-hybridized carbons (Fsp3) is 0.250. The maximum Gasteiger partial charge on any atom is 0.338 e. The van der Waals surface area contributed by atoms with Gasteiger partial charge >= 0.3 is 17.9 Å². The monoisotopic (exact) mass is 1010 g/mol. The molecular formula is C60H54O13S. The van der Waals surface area contributed by atoms with E-state index in [9.17, 15) is 14.4 Å². The zero-order valence-corrected chi connectivity index (χ0v) is 40.9. The number of benzene rings is 7. The number of carbonyl (C=O) groups is 3. The lowest BCUT2D eigenvalue weighted by atomic mass is 9.96. The van der Waals surface area contributed by atoms with Gasteiger partial charge in [0, 0.05) is 10.5 Å². The molecule has 0 bridgehead atoms. The first kappa shape index (κ1) is 50.5. The van der Waals surface area contributed by atoms with Gasteiger partial charge in [-0.1, -0.05) is 176 Å². The lowest BCUT2D eigenvalue weighted by Gasteiger charge is -2.49. The van der Waals surface area contributed by atoms with Crippen LogP contribution in [0.1, 0.15) is 54.1 Å². The van der Waals surface area contributed by atoms with Crippen molar-refractivity contribution in [1.82, 2.24) is 0 Å². The topological polar surface area (TPSA) is 144 Å². The molecule has 0 radical (unpaired) electrons. The quantitative estimate of drug-likeness (QED) is 0.0594. The van der Waals surface area contributed by atoms with Gasteiger partial charge in [0.1, 0.15) is 36.0 Å². The summed E-state index contributed by atoms with van der Waals surface area (Å²) in [6, 6.07) is 63.8. The summed E-state index contributed by atoms with van der Waals surface area (Å²) in [6.07, 6.45) is -10.4. The van der Waals surface area contributed by atoms with Crippen LogP contribution in [0.2, 0.25) is 0 Å². The van der Waals surface area contributed by atoms with Crippen LogP contribution >= 0.6 is 11.8 Å². The van der Waals surface area contributed by atoms with Gasteiger partial charge in [-0.05, 0) is 59.7 Å². The molecule has 3 fully saturated rings. The molecule has 3 aliphatic heterocycles. The van der Waals surface area contributed by atoms with Crippen molar-refractivity contribution in [3.8, 4) is 0 Å². The van der Waals surface area contributed by atoms with E-state index in [1.165, 1.54) is 11.8 Å². The van der Waals surface area contributed by atoms with E-state index in [0.717, 1.165) is 21.6 Å². The number of carbonyl (C=O) groups excluding carboxylic acids is 3. The molecule has 1 unspecified atom stereocenters. The van der Waals surface area contributed by atoms with E-state index in [0.29, 0.717) is 0 Å². The van der Waals surface area contributed by atoms with Gasteiger partial charge in [-0.2, -0.15) is 0 Å². The average molecular weight is 1020 g/mol. The molecule has 3 saturated heterocycles. The lowest BCUT2D eigenvalue weighted by molar-refractivity contribution is -0.375. The van der Waals surface area contributed by atoms with E-state index in [1.807, 2.05) is 121 Å². The molecule has 0 aromatic heterocycles. The van der Waals surface area contributed by atoms with Gasteiger partial charge in [0.15, 0.2) is 30.9 Å². The van der Waals surface area contributed by atoms with E-state index < -0.39 is 84.8 Å². The summed E-state index contributed by atoms with van der Waals surface area (Å²) in [5.74, 6) is -2.20. The van der Waals surface area contributed by atoms with Crippen LogP contribution in [0.5, 0.6) is 0 Å². The van der Waals surface area contributed by atoms with Crippen LogP contribution in [0.4, 0.5) is 0 Å². The Bertz CT molecular complexity index is 2850. The molecule has 0 spiro atoms. The molecule has 13 nitrogen and oxygen atoms in total. The van der Waals surface area contributed by atoms with E-state index >= 15 is 0 Å². The zero-order valence-electron chi connectivity index (χ0n) is 40.1. The van der Waals surface area contributed by atoms with Gasteiger partial charge in [-0.3, -0.25) is 0 Å². The summed E-state index contributed by atoms with van der Waals surface area (Å²) in [5, 5.41) is 0. The van der Waals surface area contributed by atoms with Crippen LogP contribution in [0.3, 0.4) is 0 Å². The Kier molecular flexibility index (Phi) is 17.0. The molecule has 10 rings (SSSR count). The maximum absolute atomic E-state index is 14.3. The molecule has 11 atom stereocenters. The molecule has 14 heteroatoms. The Morgan fingerprint density at radius 1 is 0.446 bits per heavy atom. The van der Waals surface area contributed by atoms with Crippen LogP contribution in [0.25, 0.3) is 0 Å². The number of rotatable bonds is 18. The van der Waals surface area contributed by atoms with E-state index in [1.54, 1.807) is 91.0 Å². The third-order valence-electron chi connectivity index (χ3n) is 12.7. The molecule has 0 saturated carbocycles. The summed E-state index contributed by atoms with van der Waals surface area (Å²) in [7, 11) is 0. The Morgan fingerprint density at radius 2 is 0.892 bits per heavy atom. The molecule has 0 N–H and O–H groups in total. The fourth-order valence-electron chi connectivity index (χ4n) is 8.99. The fourth-order valence-corrected chi connectivity index (χ4v) is 10.1. The van der Waals surface area contributed by atoms with Crippen molar-refractivity contribution >= 4 is 29.7 Å². The Balaban J connectivity index is 1.02. The largest absolute Gasteiger partial charge is 0.452 e. The minimum absolute atomic E-state index is 0.125. The van der Waals surface area contributed by atoms with Crippen LogP contribution in [0.15, 0.2) is 217 Å². The second kappa shape index (κ2) is 24.8. The number of hydrogen-bond acceptors (Lipinski definition) is 14. The highest BCUT2D eigenvalue weighted by Crippen LogP contribution is 2.41. The van der Waals surface area contributed by atoms with Crippen molar-refractivity contribution in [1.29, 1.82) is 0 Å². The van der Waals surface area contributed by atoms with Crippen molar-refractivity contribution in [2.75, 3.05) is 13.2 Å². The summed E-state index contributed by atoms with van der Waals surface area (Å²) in [4.78, 5) is 43.5. The summed E-state index contributed by atoms with van der Waals surface area (Å²) in [6.45, 7) is 0.186. The van der Waals surface area contributed by atoms with Crippen molar-refractivity contribution in [2.45, 2.75) is 85.0 Å². The number of esters is 3. The Labute approximate surface area is 433 Å². The number of hydrogen-bond donors (Lipinski definition) is 0. The summed E-state index contributed by atoms with van der Waals surface area (Å²) < 4.78 is 66.7. The molecule has 74 heavy (non-hydrogen) atoms. The predicted octanol–water partition coefficient (Wildman–Crippen LogP) is 10.2. The molecule has 378 valence electrons. The Hall–Kier alpha value is -6.98. The van der Waals surface area contributed by atoms with Crippen LogP contribution < -0.4 is 0 Å². The first-order valence-corrected chi connectivity index (χ1v) is 25.4. The molecule has 3 heterocycles. The van der Waals surface area contributed by atoms with Crippen molar-refractivity contribution in [2.24, 2.45) is 0 Å². The second-order valence-corrected chi connectivity index (χ2v) is 18.9. The summed E-state index contributed by atoms with van der Waals surface area (Å²) >= 11 is 1.25. The van der Waals surface area contributed by atoms with Crippen LogP contribution in [-0.4, -0.2) is 91.7 Å². The summed E-state index contributed by atoms with van der Waals surface area (Å²) in [5.41, 5.74) is 2.29. The van der Waals surface area contributed by atoms with Crippen molar-refractivity contribution in [3.63, 3.8) is 0 Å². The van der Waals surface area contributed by atoms with E-state index in [2.05, 4.69) is 0 Å². The van der Waals surface area contributed by atoms with Crippen molar-refractivity contribution in [3.05, 3.63) is 246 Å². The van der Waals surface area contributed by atoms with Crippen LogP contribution in [-0.2, 0) is 60.6 Å². The molecule has 0 amide bonds. The minimum Gasteiger partial charge on any atom is -0.452 e. The molecule has 0 aliphatic carbocycles. The molecule has 7 aromatic carbocycles. The third kappa shape index (κ3) is 12.7. The number of ether oxygens (including phenoxy) is 10. The van der Waals surface area contributed by atoms with Gasteiger partial charge < -0.3 is 47.4 Å². The Morgan fingerprint density at radius 3 is 1.42 bits per heavy atom. The average Bonchev–Trinajstić information content (AvgIpc) is 3.46. The minimum atomic E-state index is -1.45. The third-order valence-corrected chi connectivity index (χ3v) is 13.9. The highest BCUT2D eigenvalue weighted by Gasteiger charge is 2.55. The second-order valence-electron chi connectivity index (χ2n) is 17.8. The molecule has 3 aliphatic rings. The van der Waals surface area contributed by atoms with Gasteiger partial charge in [-0.25, -0.2) is 14.4 Å². The zero-order chi connectivity index (χ0) is 50.5. The standard InChI is InChI=1S/C60H54O13S/c61-55(42-26-12-3-13-27-42)70-50-48(69-60(74-46-34-20-7-21-35-46)54(72-57(63)44-30-16-5-17-31-44)52(50)71-56(62)43-28-14-4-15-29-43)39-67-59-53(65-37-41-24-10-2-11-25-41)51(64-36-40-22-8-1-9-23-40)49-47(68-59)38-66-58(73-49)45-32-18-6-19-33-45/h1-35,47-54,58-60H,36-39H2/t47-,48-,49+,50+,51+,52+,53-,54-,58?,59+,60+/m1/s1. The van der Waals surface area contributed by atoms with Gasteiger partial charge in [0.25, 0.3) is 0 Å². The first-order chi connectivity index (χ1) is 36.4.